The number of aromatic nitrogens is 2. The lowest BCUT2D eigenvalue weighted by Crippen LogP contribution is -2.26. The van der Waals surface area contributed by atoms with Crippen LogP contribution in [-0.4, -0.2) is 29.0 Å². The van der Waals surface area contributed by atoms with Crippen LogP contribution in [-0.2, 0) is 17.8 Å². The summed E-state index contributed by atoms with van der Waals surface area (Å²) in [6.45, 7) is 9.77. The van der Waals surface area contributed by atoms with Crippen LogP contribution in [0.1, 0.15) is 32.8 Å². The van der Waals surface area contributed by atoms with Crippen molar-refractivity contribution < 1.29 is 4.74 Å². The van der Waals surface area contributed by atoms with Crippen LogP contribution in [0.2, 0.25) is 0 Å². The fraction of sp³-hybridized carbons (Fsp3) is 0.750. The Morgan fingerprint density at radius 2 is 2.31 bits per heavy atom. The topological polar surface area (TPSA) is 39.1 Å². The van der Waals surface area contributed by atoms with Crippen molar-refractivity contribution in [3.05, 3.63) is 18.0 Å². The van der Waals surface area contributed by atoms with Crippen molar-refractivity contribution >= 4 is 0 Å². The molecule has 0 aliphatic carbocycles. The highest BCUT2D eigenvalue weighted by Gasteiger charge is 2.01. The van der Waals surface area contributed by atoms with E-state index in [9.17, 15) is 0 Å². The van der Waals surface area contributed by atoms with Gasteiger partial charge in [0.05, 0.1) is 12.3 Å². The molecular weight excluding hydrogens is 202 g/mol. The highest BCUT2D eigenvalue weighted by molar-refractivity contribution is 5.03. The Kier molecular flexibility index (Phi) is 6.11. The minimum atomic E-state index is 0.274. The number of ether oxygens (including phenoxy) is 1. The molecular formula is C12H23N3O. The van der Waals surface area contributed by atoms with Gasteiger partial charge in [-0.3, -0.25) is 4.68 Å². The van der Waals surface area contributed by atoms with Gasteiger partial charge >= 0.3 is 0 Å². The maximum Gasteiger partial charge on any atom is 0.0671 e. The molecule has 1 unspecified atom stereocenters. The predicted molar refractivity (Wildman–Crippen MR) is 65.3 cm³/mol. The van der Waals surface area contributed by atoms with Gasteiger partial charge in [0.25, 0.3) is 0 Å². The highest BCUT2D eigenvalue weighted by Crippen LogP contribution is 1.98. The fourth-order valence-corrected chi connectivity index (χ4v) is 1.61. The first kappa shape index (κ1) is 13.2. The average molecular weight is 225 g/mol. The Balaban J connectivity index is 2.21. The molecule has 1 aromatic heterocycles. The summed E-state index contributed by atoms with van der Waals surface area (Å²) < 4.78 is 7.43. The van der Waals surface area contributed by atoms with E-state index in [0.717, 1.165) is 32.7 Å². The third-order valence-electron chi connectivity index (χ3n) is 2.35. The minimum absolute atomic E-state index is 0.274. The normalized spacial score (nSPS) is 12.9. The summed E-state index contributed by atoms with van der Waals surface area (Å²) in [7, 11) is 0. The number of hydrogen-bond acceptors (Lipinski definition) is 3. The second kappa shape index (κ2) is 7.41. The van der Waals surface area contributed by atoms with Gasteiger partial charge in [0, 0.05) is 38.0 Å². The molecule has 4 heteroatoms. The standard InChI is InChI=1S/C12H23N3O/c1-4-6-15-10-12(9-14-15)8-13-7-11(3)16-5-2/h9-11,13H,4-8H2,1-3H3. The Morgan fingerprint density at radius 3 is 3.00 bits per heavy atom. The zero-order chi connectivity index (χ0) is 11.8. The quantitative estimate of drug-likeness (QED) is 0.733. The summed E-state index contributed by atoms with van der Waals surface area (Å²) in [5, 5.41) is 7.65. The van der Waals surface area contributed by atoms with Crippen LogP contribution in [0, 0.1) is 0 Å². The molecule has 0 aliphatic heterocycles. The first-order valence-electron chi connectivity index (χ1n) is 6.09. The van der Waals surface area contributed by atoms with E-state index >= 15 is 0 Å². The van der Waals surface area contributed by atoms with E-state index in [1.54, 1.807) is 0 Å². The van der Waals surface area contributed by atoms with Gasteiger partial charge in [0.1, 0.15) is 0 Å². The molecule has 92 valence electrons. The van der Waals surface area contributed by atoms with Crippen molar-refractivity contribution in [1.82, 2.24) is 15.1 Å². The number of rotatable bonds is 8. The van der Waals surface area contributed by atoms with E-state index < -0.39 is 0 Å². The second-order valence-electron chi connectivity index (χ2n) is 4.01. The van der Waals surface area contributed by atoms with Gasteiger partial charge in [-0.15, -0.1) is 0 Å². The Labute approximate surface area is 98.0 Å². The maximum atomic E-state index is 5.44. The van der Waals surface area contributed by atoms with Crippen LogP contribution in [0.25, 0.3) is 0 Å². The lowest BCUT2D eigenvalue weighted by atomic mass is 10.3. The lowest BCUT2D eigenvalue weighted by molar-refractivity contribution is 0.0759. The van der Waals surface area contributed by atoms with Gasteiger partial charge in [-0.05, 0) is 20.3 Å². The summed E-state index contributed by atoms with van der Waals surface area (Å²) in [5.74, 6) is 0. The zero-order valence-corrected chi connectivity index (χ0v) is 10.6. The lowest BCUT2D eigenvalue weighted by Gasteiger charge is -2.11. The van der Waals surface area contributed by atoms with E-state index in [4.69, 9.17) is 4.74 Å². The van der Waals surface area contributed by atoms with Gasteiger partial charge in [-0.2, -0.15) is 5.10 Å². The molecule has 1 rings (SSSR count). The van der Waals surface area contributed by atoms with Crippen LogP contribution in [0.5, 0.6) is 0 Å². The molecule has 0 spiro atoms. The third kappa shape index (κ3) is 4.77. The highest BCUT2D eigenvalue weighted by atomic mass is 16.5. The molecule has 0 aliphatic rings. The van der Waals surface area contributed by atoms with Crippen LogP contribution >= 0.6 is 0 Å². The molecule has 0 fully saturated rings. The van der Waals surface area contributed by atoms with Gasteiger partial charge in [-0.1, -0.05) is 6.92 Å². The smallest absolute Gasteiger partial charge is 0.0671 e. The van der Waals surface area contributed by atoms with Gasteiger partial charge in [0.15, 0.2) is 0 Å². The molecule has 1 atom stereocenters. The van der Waals surface area contributed by atoms with Crippen LogP contribution in [0.15, 0.2) is 12.4 Å². The summed E-state index contributed by atoms with van der Waals surface area (Å²) in [4.78, 5) is 0. The van der Waals surface area contributed by atoms with Gasteiger partial charge < -0.3 is 10.1 Å². The second-order valence-corrected chi connectivity index (χ2v) is 4.01. The summed E-state index contributed by atoms with van der Waals surface area (Å²) in [6, 6.07) is 0. The minimum Gasteiger partial charge on any atom is -0.377 e. The molecule has 0 aromatic carbocycles. The first-order valence-corrected chi connectivity index (χ1v) is 6.09. The molecule has 0 saturated heterocycles. The van der Waals surface area contributed by atoms with E-state index in [0.29, 0.717) is 0 Å². The van der Waals surface area contributed by atoms with E-state index in [1.807, 2.05) is 17.8 Å². The number of hydrogen-bond donors (Lipinski definition) is 1. The molecule has 1 heterocycles. The zero-order valence-electron chi connectivity index (χ0n) is 10.6. The molecule has 1 N–H and O–H groups in total. The Hall–Kier alpha value is -0.870. The van der Waals surface area contributed by atoms with E-state index in [-0.39, 0.29) is 6.10 Å². The molecule has 1 aromatic rings. The Bertz CT molecular complexity index is 286. The summed E-state index contributed by atoms with van der Waals surface area (Å²) >= 11 is 0. The monoisotopic (exact) mass is 225 g/mol. The molecule has 0 saturated carbocycles. The van der Waals surface area contributed by atoms with Crippen molar-refractivity contribution in [2.24, 2.45) is 0 Å². The number of aryl methyl sites for hydroxylation is 1. The van der Waals surface area contributed by atoms with Crippen LogP contribution in [0.3, 0.4) is 0 Å². The van der Waals surface area contributed by atoms with Gasteiger partial charge in [0.2, 0.25) is 0 Å². The van der Waals surface area contributed by atoms with E-state index in [2.05, 4.69) is 30.5 Å². The van der Waals surface area contributed by atoms with E-state index in [1.165, 1.54) is 5.56 Å². The van der Waals surface area contributed by atoms with Crippen molar-refractivity contribution in [2.75, 3.05) is 13.2 Å². The average Bonchev–Trinajstić information content (AvgIpc) is 2.67. The molecule has 0 amide bonds. The first-order chi connectivity index (χ1) is 7.76. The predicted octanol–water partition coefficient (Wildman–Crippen LogP) is 1.81. The van der Waals surface area contributed by atoms with Crippen molar-refractivity contribution in [2.45, 2.75) is 46.4 Å². The van der Waals surface area contributed by atoms with Crippen LogP contribution < -0.4 is 5.32 Å². The van der Waals surface area contributed by atoms with Crippen molar-refractivity contribution in [3.8, 4) is 0 Å². The van der Waals surface area contributed by atoms with Gasteiger partial charge in [-0.25, -0.2) is 0 Å². The summed E-state index contributed by atoms with van der Waals surface area (Å²) in [6.07, 6.45) is 5.42. The number of nitrogens with one attached hydrogen (secondary N) is 1. The fourth-order valence-electron chi connectivity index (χ4n) is 1.61. The molecule has 16 heavy (non-hydrogen) atoms. The van der Waals surface area contributed by atoms with Crippen LogP contribution in [0.4, 0.5) is 0 Å². The number of nitrogens with zero attached hydrogens (tertiary/aromatic N) is 2. The SMILES string of the molecule is CCCn1cc(CNCC(C)OCC)cn1. The van der Waals surface area contributed by atoms with Crippen molar-refractivity contribution in [1.29, 1.82) is 0 Å². The van der Waals surface area contributed by atoms with Crippen molar-refractivity contribution in [3.63, 3.8) is 0 Å². The molecule has 0 radical (unpaired) electrons. The third-order valence-corrected chi connectivity index (χ3v) is 2.35. The molecule has 0 bridgehead atoms. The maximum absolute atomic E-state index is 5.44. The Morgan fingerprint density at radius 1 is 1.50 bits per heavy atom. The molecule has 4 nitrogen and oxygen atoms in total. The largest absolute Gasteiger partial charge is 0.377 e. The summed E-state index contributed by atoms with van der Waals surface area (Å²) in [5.41, 5.74) is 1.23.